The third-order valence-corrected chi connectivity index (χ3v) is 3.17. The van der Waals surface area contributed by atoms with Gasteiger partial charge in [-0.2, -0.15) is 0 Å². The third-order valence-electron chi connectivity index (χ3n) is 3.17. The monoisotopic (exact) mass is 288 g/mol. The molecule has 6 heteroatoms. The van der Waals surface area contributed by atoms with Crippen LogP contribution in [0, 0.1) is 0 Å². The van der Waals surface area contributed by atoms with E-state index < -0.39 is 5.69 Å². The van der Waals surface area contributed by atoms with Crippen molar-refractivity contribution in [1.82, 2.24) is 19.9 Å². The van der Waals surface area contributed by atoms with Crippen molar-refractivity contribution < 1.29 is 0 Å². The van der Waals surface area contributed by atoms with Crippen molar-refractivity contribution in [2.24, 2.45) is 0 Å². The second kappa shape index (κ2) is 7.54. The molecule has 0 saturated carbocycles. The maximum atomic E-state index is 11.4. The molecular weight excluding hydrogens is 268 g/mol. The molecule has 0 aliphatic carbocycles. The van der Waals surface area contributed by atoms with Crippen LogP contribution in [0.3, 0.4) is 0 Å². The van der Waals surface area contributed by atoms with Gasteiger partial charge in [0.2, 0.25) is 0 Å². The summed E-state index contributed by atoms with van der Waals surface area (Å²) in [6, 6.07) is 5.36. The lowest BCUT2D eigenvalue weighted by atomic mass is 10.2. The molecule has 2 aromatic heterocycles. The molecule has 0 atom stereocenters. The Balaban J connectivity index is 2.12. The summed E-state index contributed by atoms with van der Waals surface area (Å²) in [6.45, 7) is 4.31. The summed E-state index contributed by atoms with van der Waals surface area (Å²) in [5.41, 5.74) is 0.907. The maximum absolute atomic E-state index is 11.4. The minimum Gasteiger partial charge on any atom is -0.310 e. The topological polar surface area (TPSA) is 81.8 Å². The van der Waals surface area contributed by atoms with Crippen LogP contribution in [-0.4, -0.2) is 26.4 Å². The fourth-order valence-electron chi connectivity index (χ4n) is 2.19. The zero-order valence-electron chi connectivity index (χ0n) is 12.1. The normalized spacial score (nSPS) is 11.0. The predicted molar refractivity (Wildman–Crippen MR) is 80.9 cm³/mol. The number of hydrogen-bond donors (Lipinski definition) is 2. The summed E-state index contributed by atoms with van der Waals surface area (Å²) in [4.78, 5) is 33.9. The first-order valence-electron chi connectivity index (χ1n) is 7.11. The summed E-state index contributed by atoms with van der Waals surface area (Å²) >= 11 is 0. The molecule has 0 spiro atoms. The van der Waals surface area contributed by atoms with Crippen molar-refractivity contribution in [2.45, 2.75) is 32.9 Å². The number of H-pyrrole nitrogens is 2. The first-order valence-corrected chi connectivity index (χ1v) is 7.11. The van der Waals surface area contributed by atoms with Crippen molar-refractivity contribution in [3.8, 4) is 0 Å². The van der Waals surface area contributed by atoms with Gasteiger partial charge in [0.25, 0.3) is 5.56 Å². The highest BCUT2D eigenvalue weighted by Crippen LogP contribution is 2.07. The van der Waals surface area contributed by atoms with Gasteiger partial charge in [-0.25, -0.2) is 4.79 Å². The number of aromatic nitrogens is 3. The van der Waals surface area contributed by atoms with E-state index in [9.17, 15) is 9.59 Å². The van der Waals surface area contributed by atoms with Gasteiger partial charge in [-0.1, -0.05) is 19.4 Å². The van der Waals surface area contributed by atoms with Crippen LogP contribution < -0.4 is 11.2 Å². The molecule has 2 N–H and O–H groups in total. The average Bonchev–Trinajstić information content (AvgIpc) is 2.45. The Hall–Kier alpha value is -2.21. The van der Waals surface area contributed by atoms with Crippen LogP contribution in [0.4, 0.5) is 0 Å². The van der Waals surface area contributed by atoms with E-state index in [0.717, 1.165) is 31.5 Å². The Kier molecular flexibility index (Phi) is 5.45. The van der Waals surface area contributed by atoms with Crippen LogP contribution in [-0.2, 0) is 13.1 Å². The molecule has 2 heterocycles. The van der Waals surface area contributed by atoms with E-state index in [0.29, 0.717) is 12.2 Å². The number of nitrogens with one attached hydrogen (secondary N) is 2. The van der Waals surface area contributed by atoms with Crippen LogP contribution in [0.1, 0.15) is 31.0 Å². The molecule has 0 bridgehead atoms. The van der Waals surface area contributed by atoms with Gasteiger partial charge >= 0.3 is 5.69 Å². The molecule has 0 saturated heterocycles. The number of hydrogen-bond acceptors (Lipinski definition) is 4. The Morgan fingerprint density at radius 1 is 1.24 bits per heavy atom. The van der Waals surface area contributed by atoms with Gasteiger partial charge < -0.3 is 4.98 Å². The standard InChI is InChI=1S/C15H20N4O2/c1-2-3-7-19(10-12-5-4-6-16-9-12)11-13-8-14(20)18-15(21)17-13/h4-6,8-9H,2-3,7,10-11H2,1H3,(H2,17,18,20,21). The van der Waals surface area contributed by atoms with Crippen LogP contribution in [0.5, 0.6) is 0 Å². The van der Waals surface area contributed by atoms with E-state index >= 15 is 0 Å². The number of rotatable bonds is 7. The molecule has 0 aromatic carbocycles. The van der Waals surface area contributed by atoms with Crippen molar-refractivity contribution in [3.05, 3.63) is 62.7 Å². The summed E-state index contributed by atoms with van der Waals surface area (Å²) < 4.78 is 0. The number of nitrogens with zero attached hydrogens (tertiary/aromatic N) is 2. The average molecular weight is 288 g/mol. The molecule has 6 nitrogen and oxygen atoms in total. The molecule has 112 valence electrons. The fraction of sp³-hybridized carbons (Fsp3) is 0.400. The highest BCUT2D eigenvalue weighted by Gasteiger charge is 2.08. The maximum Gasteiger partial charge on any atom is 0.325 e. The molecule has 0 aliphatic heterocycles. The van der Waals surface area contributed by atoms with E-state index in [-0.39, 0.29) is 5.56 Å². The van der Waals surface area contributed by atoms with Crippen LogP contribution in [0.15, 0.2) is 40.2 Å². The number of unbranched alkanes of at least 4 members (excludes halogenated alkanes) is 1. The molecule has 21 heavy (non-hydrogen) atoms. The molecule has 0 aliphatic rings. The third kappa shape index (κ3) is 5.00. The zero-order chi connectivity index (χ0) is 15.1. The van der Waals surface area contributed by atoms with Crippen LogP contribution in [0.2, 0.25) is 0 Å². The summed E-state index contributed by atoms with van der Waals surface area (Å²) in [7, 11) is 0. The molecule has 0 amide bonds. The lowest BCUT2D eigenvalue weighted by Gasteiger charge is -2.21. The minimum atomic E-state index is -0.464. The number of pyridine rings is 1. The molecule has 0 fully saturated rings. The van der Waals surface area contributed by atoms with E-state index in [1.165, 1.54) is 6.07 Å². The first-order chi connectivity index (χ1) is 10.2. The molecule has 0 radical (unpaired) electrons. The Morgan fingerprint density at radius 3 is 2.76 bits per heavy atom. The molecular formula is C15H20N4O2. The highest BCUT2D eigenvalue weighted by atomic mass is 16.2. The lowest BCUT2D eigenvalue weighted by Crippen LogP contribution is -2.29. The Morgan fingerprint density at radius 2 is 2.10 bits per heavy atom. The van der Waals surface area contributed by atoms with Crippen molar-refractivity contribution in [2.75, 3.05) is 6.54 Å². The van der Waals surface area contributed by atoms with Crippen LogP contribution in [0.25, 0.3) is 0 Å². The fourth-order valence-corrected chi connectivity index (χ4v) is 2.19. The highest BCUT2D eigenvalue weighted by molar-refractivity contribution is 5.08. The lowest BCUT2D eigenvalue weighted by molar-refractivity contribution is 0.249. The Labute approximate surface area is 122 Å². The van der Waals surface area contributed by atoms with Crippen molar-refractivity contribution >= 4 is 0 Å². The van der Waals surface area contributed by atoms with Gasteiger partial charge in [0, 0.05) is 37.2 Å². The second-order valence-electron chi connectivity index (χ2n) is 5.04. The first kappa shape index (κ1) is 15.2. The molecule has 2 aromatic rings. The van der Waals surface area contributed by atoms with E-state index in [1.54, 1.807) is 6.20 Å². The van der Waals surface area contributed by atoms with Gasteiger partial charge in [0.1, 0.15) is 0 Å². The van der Waals surface area contributed by atoms with E-state index in [4.69, 9.17) is 0 Å². The van der Waals surface area contributed by atoms with E-state index in [2.05, 4.69) is 26.8 Å². The van der Waals surface area contributed by atoms with Gasteiger partial charge in [-0.15, -0.1) is 0 Å². The van der Waals surface area contributed by atoms with Gasteiger partial charge in [-0.05, 0) is 24.6 Å². The van der Waals surface area contributed by atoms with Crippen LogP contribution >= 0.6 is 0 Å². The smallest absolute Gasteiger partial charge is 0.310 e. The van der Waals surface area contributed by atoms with Gasteiger partial charge in [0.15, 0.2) is 0 Å². The van der Waals surface area contributed by atoms with Crippen molar-refractivity contribution in [3.63, 3.8) is 0 Å². The van der Waals surface area contributed by atoms with Gasteiger partial charge in [0.05, 0.1) is 0 Å². The largest absolute Gasteiger partial charge is 0.325 e. The van der Waals surface area contributed by atoms with Gasteiger partial charge in [-0.3, -0.25) is 19.7 Å². The second-order valence-corrected chi connectivity index (χ2v) is 5.04. The quantitative estimate of drug-likeness (QED) is 0.803. The Bertz CT molecular complexity index is 635. The molecule has 0 unspecified atom stereocenters. The number of aromatic amines is 2. The van der Waals surface area contributed by atoms with Crippen molar-refractivity contribution in [1.29, 1.82) is 0 Å². The summed E-state index contributed by atoms with van der Waals surface area (Å²) in [5.74, 6) is 0. The zero-order valence-corrected chi connectivity index (χ0v) is 12.1. The SMILES string of the molecule is CCCCN(Cc1cccnc1)Cc1cc(=O)[nH]c(=O)[nH]1. The minimum absolute atomic E-state index is 0.370. The summed E-state index contributed by atoms with van der Waals surface area (Å²) in [5, 5.41) is 0. The predicted octanol–water partition coefficient (Wildman–Crippen LogP) is 1.26. The summed E-state index contributed by atoms with van der Waals surface area (Å²) in [6.07, 6.45) is 5.73. The van der Waals surface area contributed by atoms with E-state index in [1.807, 2.05) is 18.3 Å². The molecule has 2 rings (SSSR count).